The highest BCUT2D eigenvalue weighted by Gasteiger charge is 2.30. The number of carbonyl (C=O) groups is 4. The third-order valence-electron chi connectivity index (χ3n) is 17.0. The molecular formula is C79H144O17P2. The maximum Gasteiger partial charge on any atom is 0.472 e. The summed E-state index contributed by atoms with van der Waals surface area (Å²) in [4.78, 5) is 72.9. The summed E-state index contributed by atoms with van der Waals surface area (Å²) in [5.41, 5.74) is 0. The molecule has 0 fully saturated rings. The number of carbonyl (C=O) groups excluding carboxylic acids is 4. The highest BCUT2D eigenvalue weighted by Crippen LogP contribution is 2.45. The van der Waals surface area contributed by atoms with E-state index in [1.54, 1.807) is 0 Å². The Bertz CT molecular complexity index is 2100. The van der Waals surface area contributed by atoms with Gasteiger partial charge in [-0.15, -0.1) is 0 Å². The van der Waals surface area contributed by atoms with Gasteiger partial charge in [0.25, 0.3) is 0 Å². The molecule has 3 N–H and O–H groups in total. The van der Waals surface area contributed by atoms with Gasteiger partial charge < -0.3 is 33.8 Å². The Kier molecular flexibility index (Phi) is 69.7. The van der Waals surface area contributed by atoms with E-state index in [1.165, 1.54) is 173 Å². The van der Waals surface area contributed by atoms with E-state index in [4.69, 9.17) is 37.0 Å². The standard InChI is InChI=1S/C79H144O17P2/c1-5-9-13-17-21-25-29-33-35-36-38-41-44-48-52-56-60-64-77(82)90-70-75(96-79(84)66-62-58-54-50-46-42-37-34-30-26-22-18-14-10-6-2)72-94-98(87,88)92-68-73(80)67-91-97(85,86)93-71-74(95-78(83)65-61-57-53-49-45-40-32-28-24-20-16-12-8-4)69-89-76(81)63-59-55-51-47-43-39-31-27-23-19-15-11-7-3/h9,13,21,25,33,35,38,41,48,52,73-75,80H,5-8,10-12,14-20,22-24,26-32,34,36-37,39-40,42-47,49-51,53-72H2,1-4H3,(H,85,86)(H,87,88)/b13-9-,25-21-,35-33-,41-38-,52-48-. The Balaban J connectivity index is 5.35. The summed E-state index contributed by atoms with van der Waals surface area (Å²) < 4.78 is 68.5. The summed E-state index contributed by atoms with van der Waals surface area (Å²) in [6, 6.07) is 0. The van der Waals surface area contributed by atoms with Crippen molar-refractivity contribution < 1.29 is 80.2 Å². The maximum atomic E-state index is 13.1. The first kappa shape index (κ1) is 94.8. The van der Waals surface area contributed by atoms with Gasteiger partial charge in [0.1, 0.15) is 19.3 Å². The van der Waals surface area contributed by atoms with Crippen molar-refractivity contribution in [2.75, 3.05) is 39.6 Å². The number of phosphoric acid groups is 2. The van der Waals surface area contributed by atoms with Crippen LogP contribution in [-0.2, 0) is 65.4 Å². The molecule has 5 atom stereocenters. The van der Waals surface area contributed by atoms with E-state index in [1.807, 2.05) is 12.2 Å². The predicted octanol–water partition coefficient (Wildman–Crippen LogP) is 22.7. The molecule has 0 aromatic heterocycles. The molecule has 0 spiro atoms. The quantitative estimate of drug-likeness (QED) is 0.0169. The van der Waals surface area contributed by atoms with Crippen LogP contribution in [0.5, 0.6) is 0 Å². The lowest BCUT2D eigenvalue weighted by atomic mass is 10.0. The van der Waals surface area contributed by atoms with Gasteiger partial charge in [0, 0.05) is 25.7 Å². The van der Waals surface area contributed by atoms with E-state index in [0.29, 0.717) is 32.1 Å². The molecule has 0 heterocycles. The van der Waals surface area contributed by atoms with Crippen LogP contribution in [-0.4, -0.2) is 96.7 Å². The van der Waals surface area contributed by atoms with Gasteiger partial charge in [-0.05, 0) is 64.2 Å². The number of ether oxygens (including phenoxy) is 4. The van der Waals surface area contributed by atoms with E-state index in [2.05, 4.69) is 76.3 Å². The Labute approximate surface area is 597 Å². The van der Waals surface area contributed by atoms with Crippen molar-refractivity contribution in [2.24, 2.45) is 0 Å². The van der Waals surface area contributed by atoms with Gasteiger partial charge in [-0.3, -0.25) is 37.3 Å². The average Bonchev–Trinajstić information content (AvgIpc) is 1.05. The molecule has 0 aromatic rings. The number of allylic oxidation sites excluding steroid dienone is 10. The third-order valence-corrected chi connectivity index (χ3v) is 18.9. The monoisotopic (exact) mass is 1430 g/mol. The van der Waals surface area contributed by atoms with E-state index in [-0.39, 0.29) is 25.7 Å². The number of hydrogen-bond acceptors (Lipinski definition) is 15. The highest BCUT2D eigenvalue weighted by atomic mass is 31.2. The normalized spacial score (nSPS) is 14.2. The first-order valence-corrected chi connectivity index (χ1v) is 42.5. The zero-order valence-corrected chi connectivity index (χ0v) is 64.3. The summed E-state index contributed by atoms with van der Waals surface area (Å²) in [7, 11) is -9.94. The molecule has 0 amide bonds. The molecule has 0 aliphatic heterocycles. The van der Waals surface area contributed by atoms with Gasteiger partial charge in [-0.25, -0.2) is 9.13 Å². The lowest BCUT2D eigenvalue weighted by Crippen LogP contribution is -2.30. The number of rotatable bonds is 75. The number of hydrogen-bond donors (Lipinski definition) is 3. The number of phosphoric ester groups is 2. The van der Waals surface area contributed by atoms with E-state index < -0.39 is 97.5 Å². The summed E-state index contributed by atoms with van der Waals surface area (Å²) in [5.74, 6) is -2.20. The van der Waals surface area contributed by atoms with E-state index >= 15 is 0 Å². The van der Waals surface area contributed by atoms with Crippen molar-refractivity contribution in [3.63, 3.8) is 0 Å². The van der Waals surface area contributed by atoms with Crippen molar-refractivity contribution in [1.29, 1.82) is 0 Å². The van der Waals surface area contributed by atoms with Crippen molar-refractivity contribution >= 4 is 39.5 Å². The summed E-state index contributed by atoms with van der Waals surface area (Å²) in [6.45, 7) is 4.77. The van der Waals surface area contributed by atoms with E-state index in [0.717, 1.165) is 103 Å². The number of unbranched alkanes of at least 4 members (excludes halogenated alkanes) is 39. The smallest absolute Gasteiger partial charge is 0.462 e. The van der Waals surface area contributed by atoms with Gasteiger partial charge in [-0.1, -0.05) is 332 Å². The second-order valence-corrected chi connectivity index (χ2v) is 29.6. The second kappa shape index (κ2) is 72.1. The SMILES string of the molecule is CC/C=C\C/C=C\C/C=C\C/C=C\C/C=C\CCCC(=O)OCC(COP(=O)(O)OCC(O)COP(=O)(O)OCC(COC(=O)CCCCCCCCCCCCCCC)OC(=O)CCCCCCCCCCCCCCC)OC(=O)CCCCCCCCCCCCCCCCC. The lowest BCUT2D eigenvalue weighted by molar-refractivity contribution is -0.161. The Hall–Kier alpha value is -3.24. The largest absolute Gasteiger partial charge is 0.472 e. The molecule has 17 nitrogen and oxygen atoms in total. The van der Waals surface area contributed by atoms with Crippen molar-refractivity contribution in [1.82, 2.24) is 0 Å². The minimum absolute atomic E-state index is 0.0882. The fourth-order valence-electron chi connectivity index (χ4n) is 11.0. The molecule has 0 aliphatic carbocycles. The average molecular weight is 1430 g/mol. The molecule has 0 radical (unpaired) electrons. The zero-order chi connectivity index (χ0) is 71.8. The topological polar surface area (TPSA) is 237 Å². The second-order valence-electron chi connectivity index (χ2n) is 26.6. The molecule has 572 valence electrons. The molecule has 5 unspecified atom stereocenters. The van der Waals surface area contributed by atoms with Crippen molar-refractivity contribution in [3.05, 3.63) is 60.8 Å². The van der Waals surface area contributed by atoms with Crippen molar-refractivity contribution in [3.8, 4) is 0 Å². The first-order valence-electron chi connectivity index (χ1n) is 39.5. The molecule has 0 aromatic carbocycles. The first-order chi connectivity index (χ1) is 47.7. The van der Waals surface area contributed by atoms with Gasteiger partial charge >= 0.3 is 39.5 Å². The summed E-state index contributed by atoms with van der Waals surface area (Å²) >= 11 is 0. The van der Waals surface area contributed by atoms with Crippen LogP contribution in [0.15, 0.2) is 60.8 Å². The molecule has 19 heteroatoms. The molecule has 0 saturated carbocycles. The van der Waals surface area contributed by atoms with Gasteiger partial charge in [0.15, 0.2) is 12.2 Å². The van der Waals surface area contributed by atoms with Crippen LogP contribution in [0.3, 0.4) is 0 Å². The van der Waals surface area contributed by atoms with Crippen LogP contribution in [0, 0.1) is 0 Å². The summed E-state index contributed by atoms with van der Waals surface area (Å²) in [5, 5.41) is 10.6. The molecule has 0 bridgehead atoms. The Morgan fingerprint density at radius 3 is 0.816 bits per heavy atom. The van der Waals surface area contributed by atoms with Crippen LogP contribution >= 0.6 is 15.6 Å². The number of aliphatic hydroxyl groups excluding tert-OH is 1. The van der Waals surface area contributed by atoms with Crippen LogP contribution in [0.4, 0.5) is 0 Å². The molecular weight excluding hydrogens is 1280 g/mol. The third kappa shape index (κ3) is 71.2. The maximum absolute atomic E-state index is 13.1. The van der Waals surface area contributed by atoms with Gasteiger partial charge in [-0.2, -0.15) is 0 Å². The Morgan fingerprint density at radius 1 is 0.296 bits per heavy atom. The fraction of sp³-hybridized carbons (Fsp3) is 0.823. The Morgan fingerprint density at radius 2 is 0.531 bits per heavy atom. The van der Waals surface area contributed by atoms with Gasteiger partial charge in [0.05, 0.1) is 26.4 Å². The highest BCUT2D eigenvalue weighted by molar-refractivity contribution is 7.47. The molecule has 98 heavy (non-hydrogen) atoms. The zero-order valence-electron chi connectivity index (χ0n) is 62.5. The number of aliphatic hydroxyl groups is 1. The molecule has 0 rings (SSSR count). The summed E-state index contributed by atoms with van der Waals surface area (Å²) in [6.07, 6.45) is 70.6. The minimum Gasteiger partial charge on any atom is -0.462 e. The fourth-order valence-corrected chi connectivity index (χ4v) is 12.6. The van der Waals surface area contributed by atoms with E-state index in [9.17, 15) is 43.2 Å². The molecule has 0 aliphatic rings. The minimum atomic E-state index is -4.98. The number of esters is 4. The van der Waals surface area contributed by atoms with Crippen LogP contribution in [0.1, 0.15) is 362 Å². The van der Waals surface area contributed by atoms with Crippen molar-refractivity contribution in [2.45, 2.75) is 380 Å². The lowest BCUT2D eigenvalue weighted by Gasteiger charge is -2.21. The van der Waals surface area contributed by atoms with Crippen LogP contribution in [0.25, 0.3) is 0 Å². The van der Waals surface area contributed by atoms with Crippen LogP contribution in [0.2, 0.25) is 0 Å². The molecule has 0 saturated heterocycles. The van der Waals surface area contributed by atoms with Crippen LogP contribution < -0.4 is 0 Å². The predicted molar refractivity (Wildman–Crippen MR) is 400 cm³/mol. The van der Waals surface area contributed by atoms with Gasteiger partial charge in [0.2, 0.25) is 0 Å².